The van der Waals surface area contributed by atoms with Gasteiger partial charge in [-0.3, -0.25) is 0 Å². The molecule has 0 amide bonds. The Morgan fingerprint density at radius 1 is 1.29 bits per heavy atom. The van der Waals surface area contributed by atoms with Crippen molar-refractivity contribution in [2.24, 2.45) is 11.8 Å². The van der Waals surface area contributed by atoms with Gasteiger partial charge in [-0.25, -0.2) is 0 Å². The fraction of sp³-hybridized carbons (Fsp3) is 0.889. The van der Waals surface area contributed by atoms with Crippen molar-refractivity contribution >= 4 is 8.32 Å². The molecule has 3 heteroatoms. The first-order valence-electron chi connectivity index (χ1n) is 8.49. The Bertz CT molecular complexity index is 346. The van der Waals surface area contributed by atoms with Crippen molar-refractivity contribution in [1.29, 1.82) is 0 Å². The minimum atomic E-state index is -1.70. The van der Waals surface area contributed by atoms with Crippen LogP contribution in [0.2, 0.25) is 18.1 Å². The van der Waals surface area contributed by atoms with E-state index in [-0.39, 0.29) is 5.04 Å². The van der Waals surface area contributed by atoms with E-state index in [0.29, 0.717) is 30.1 Å². The first-order valence-corrected chi connectivity index (χ1v) is 11.4. The zero-order valence-electron chi connectivity index (χ0n) is 15.4. The number of hydrogen-bond donors (Lipinski definition) is 0. The van der Waals surface area contributed by atoms with E-state index in [0.717, 1.165) is 12.8 Å². The number of ether oxygens (including phenoxy) is 1. The van der Waals surface area contributed by atoms with Gasteiger partial charge in [0.1, 0.15) is 0 Å². The lowest BCUT2D eigenvalue weighted by molar-refractivity contribution is 0.104. The standard InChI is InChI=1S/C18H36O2Si/c1-10-13(3)12-16-17(19-16)14(4)15(11-2)20-21(8,9)18(5,6)7/h10,13-17H,1,11-12H2,2-9H3/t13-,14-,15+,16?,17-/m1/s1. The van der Waals surface area contributed by atoms with Crippen LogP contribution in [-0.2, 0) is 9.16 Å². The number of epoxide rings is 1. The summed E-state index contributed by atoms with van der Waals surface area (Å²) in [4.78, 5) is 0. The van der Waals surface area contributed by atoms with E-state index in [1.807, 2.05) is 6.08 Å². The number of hydrogen-bond acceptors (Lipinski definition) is 2. The van der Waals surface area contributed by atoms with E-state index in [1.165, 1.54) is 0 Å². The predicted molar refractivity (Wildman–Crippen MR) is 94.2 cm³/mol. The molecule has 2 nitrogen and oxygen atoms in total. The summed E-state index contributed by atoms with van der Waals surface area (Å²) in [5.74, 6) is 1.01. The third-order valence-electron chi connectivity index (χ3n) is 5.39. The van der Waals surface area contributed by atoms with Crippen LogP contribution < -0.4 is 0 Å². The second-order valence-corrected chi connectivity index (χ2v) is 13.0. The molecule has 0 bridgehead atoms. The third-order valence-corrected chi connectivity index (χ3v) is 9.89. The number of allylic oxidation sites excluding steroid dienone is 1. The Kier molecular flexibility index (Phi) is 6.28. The normalized spacial score (nSPS) is 27.0. The van der Waals surface area contributed by atoms with Crippen molar-refractivity contribution in [3.05, 3.63) is 12.7 Å². The highest BCUT2D eigenvalue weighted by atomic mass is 28.4. The van der Waals surface area contributed by atoms with Crippen molar-refractivity contribution in [2.75, 3.05) is 0 Å². The molecule has 0 spiro atoms. The maximum atomic E-state index is 6.63. The SMILES string of the molecule is C=C[C@@H](C)CC1O[C@@H]1[C@H](C)[C@H](CC)O[Si](C)(C)C(C)(C)C. The van der Waals surface area contributed by atoms with Gasteiger partial charge >= 0.3 is 0 Å². The van der Waals surface area contributed by atoms with Crippen molar-refractivity contribution in [3.63, 3.8) is 0 Å². The first-order chi connectivity index (χ1) is 9.53. The van der Waals surface area contributed by atoms with Crippen LogP contribution >= 0.6 is 0 Å². The molecule has 1 fully saturated rings. The molecule has 0 saturated carbocycles. The van der Waals surface area contributed by atoms with Gasteiger partial charge in [0.2, 0.25) is 0 Å². The maximum Gasteiger partial charge on any atom is 0.192 e. The lowest BCUT2D eigenvalue weighted by Crippen LogP contribution is -2.46. The molecular weight excluding hydrogens is 276 g/mol. The maximum absolute atomic E-state index is 6.63. The van der Waals surface area contributed by atoms with Gasteiger partial charge in [0.05, 0.1) is 12.2 Å². The van der Waals surface area contributed by atoms with Gasteiger partial charge in [0.15, 0.2) is 8.32 Å². The topological polar surface area (TPSA) is 21.8 Å². The minimum Gasteiger partial charge on any atom is -0.414 e. The minimum absolute atomic E-state index is 0.265. The summed E-state index contributed by atoms with van der Waals surface area (Å²) in [5.41, 5.74) is 0. The summed E-state index contributed by atoms with van der Waals surface area (Å²) in [5, 5.41) is 0.265. The van der Waals surface area contributed by atoms with E-state index < -0.39 is 8.32 Å². The predicted octanol–water partition coefficient (Wildman–Crippen LogP) is 5.40. The Balaban J connectivity index is 2.60. The molecule has 0 N–H and O–H groups in total. The molecule has 21 heavy (non-hydrogen) atoms. The second-order valence-electron chi connectivity index (χ2n) is 8.27. The van der Waals surface area contributed by atoms with Crippen LogP contribution in [0.15, 0.2) is 12.7 Å². The summed E-state index contributed by atoms with van der Waals surface area (Å²) in [6, 6.07) is 0. The Morgan fingerprint density at radius 3 is 2.29 bits per heavy atom. The zero-order valence-corrected chi connectivity index (χ0v) is 16.4. The summed E-state index contributed by atoms with van der Waals surface area (Å²) in [7, 11) is -1.70. The molecule has 1 saturated heterocycles. The fourth-order valence-electron chi connectivity index (χ4n) is 2.60. The lowest BCUT2D eigenvalue weighted by Gasteiger charge is -2.40. The smallest absolute Gasteiger partial charge is 0.192 e. The molecule has 0 aromatic heterocycles. The monoisotopic (exact) mass is 312 g/mol. The van der Waals surface area contributed by atoms with Crippen LogP contribution in [0.4, 0.5) is 0 Å². The highest BCUT2D eigenvalue weighted by Crippen LogP contribution is 2.42. The van der Waals surface area contributed by atoms with Crippen LogP contribution in [0, 0.1) is 11.8 Å². The molecule has 0 aromatic carbocycles. The first kappa shape index (κ1) is 18.9. The molecule has 1 aliphatic heterocycles. The van der Waals surface area contributed by atoms with E-state index in [9.17, 15) is 0 Å². The van der Waals surface area contributed by atoms with Gasteiger partial charge in [0, 0.05) is 12.0 Å². The quantitative estimate of drug-likeness (QED) is 0.340. The molecule has 1 aliphatic rings. The van der Waals surface area contributed by atoms with E-state index >= 15 is 0 Å². The van der Waals surface area contributed by atoms with Crippen molar-refractivity contribution in [2.45, 2.75) is 90.8 Å². The highest BCUT2D eigenvalue weighted by molar-refractivity contribution is 6.74. The Hall–Kier alpha value is -0.123. The molecule has 0 aromatic rings. The summed E-state index contributed by atoms with van der Waals surface area (Å²) < 4.78 is 12.6. The summed E-state index contributed by atoms with van der Waals surface area (Å²) >= 11 is 0. The van der Waals surface area contributed by atoms with Gasteiger partial charge in [0.25, 0.3) is 0 Å². The zero-order chi connectivity index (χ0) is 16.4. The average molecular weight is 313 g/mol. The Morgan fingerprint density at radius 2 is 1.86 bits per heavy atom. The van der Waals surface area contributed by atoms with Gasteiger partial charge in [-0.2, -0.15) is 0 Å². The van der Waals surface area contributed by atoms with Crippen LogP contribution in [-0.4, -0.2) is 26.6 Å². The molecule has 1 heterocycles. The van der Waals surface area contributed by atoms with Crippen LogP contribution in [0.25, 0.3) is 0 Å². The van der Waals surface area contributed by atoms with Crippen LogP contribution in [0.1, 0.15) is 54.4 Å². The number of rotatable bonds is 8. The molecule has 1 unspecified atom stereocenters. The van der Waals surface area contributed by atoms with Gasteiger partial charge in [-0.05, 0) is 36.9 Å². The van der Waals surface area contributed by atoms with E-state index in [1.54, 1.807) is 0 Å². The molecule has 5 atom stereocenters. The molecular formula is C18H36O2Si. The van der Waals surface area contributed by atoms with Gasteiger partial charge in [-0.1, -0.05) is 47.6 Å². The molecule has 0 aliphatic carbocycles. The average Bonchev–Trinajstić information content (AvgIpc) is 3.12. The lowest BCUT2D eigenvalue weighted by atomic mass is 9.94. The van der Waals surface area contributed by atoms with E-state index in [4.69, 9.17) is 9.16 Å². The van der Waals surface area contributed by atoms with Gasteiger partial charge < -0.3 is 9.16 Å². The van der Waals surface area contributed by atoms with Crippen LogP contribution in [0.5, 0.6) is 0 Å². The van der Waals surface area contributed by atoms with E-state index in [2.05, 4.69) is 61.2 Å². The van der Waals surface area contributed by atoms with Crippen molar-refractivity contribution in [3.8, 4) is 0 Å². The fourth-order valence-corrected chi connectivity index (χ4v) is 4.09. The second kappa shape index (κ2) is 6.97. The molecule has 0 radical (unpaired) electrons. The third kappa shape index (κ3) is 4.94. The Labute approximate surface area is 133 Å². The van der Waals surface area contributed by atoms with Crippen molar-refractivity contribution in [1.82, 2.24) is 0 Å². The largest absolute Gasteiger partial charge is 0.414 e. The van der Waals surface area contributed by atoms with Gasteiger partial charge in [-0.15, -0.1) is 6.58 Å². The highest BCUT2D eigenvalue weighted by Gasteiger charge is 2.47. The molecule has 124 valence electrons. The molecule has 1 rings (SSSR count). The summed E-state index contributed by atoms with van der Waals surface area (Å²) in [6.45, 7) is 22.2. The van der Waals surface area contributed by atoms with Crippen LogP contribution in [0.3, 0.4) is 0 Å². The van der Waals surface area contributed by atoms with Crippen molar-refractivity contribution < 1.29 is 9.16 Å². The summed E-state index contributed by atoms with van der Waals surface area (Å²) in [6.07, 6.45) is 5.28.